The van der Waals surface area contributed by atoms with E-state index < -0.39 is 23.8 Å². The molecular formula is C10H11ClF3N2O2+. The molecule has 0 amide bonds. The molecule has 0 saturated carbocycles. The maximum absolute atomic E-state index is 12.4. The second kappa shape index (κ2) is 5.53. The van der Waals surface area contributed by atoms with Crippen LogP contribution in [0.15, 0.2) is 12.3 Å². The molecule has 0 saturated heterocycles. The second-order valence-electron chi connectivity index (χ2n) is 3.57. The van der Waals surface area contributed by atoms with Crippen molar-refractivity contribution in [1.29, 1.82) is 0 Å². The number of alkyl halides is 3. The molecule has 0 aliphatic carbocycles. The molecule has 0 fully saturated rings. The molecule has 1 aromatic rings. The zero-order valence-electron chi connectivity index (χ0n) is 9.42. The van der Waals surface area contributed by atoms with Gasteiger partial charge in [-0.25, -0.2) is 4.79 Å². The second-order valence-corrected chi connectivity index (χ2v) is 3.98. The van der Waals surface area contributed by atoms with Gasteiger partial charge in [0.2, 0.25) is 0 Å². The van der Waals surface area contributed by atoms with Crippen molar-refractivity contribution >= 4 is 17.6 Å². The number of nitrogens with zero attached hydrogens (tertiary/aromatic N) is 1. The van der Waals surface area contributed by atoms with Crippen LogP contribution in [0.4, 0.5) is 13.2 Å². The molecule has 1 heterocycles. The fourth-order valence-electron chi connectivity index (χ4n) is 1.25. The summed E-state index contributed by atoms with van der Waals surface area (Å²) in [5, 5.41) is -0.151. The van der Waals surface area contributed by atoms with E-state index in [4.69, 9.17) is 11.6 Å². The molecule has 0 aliphatic rings. The van der Waals surface area contributed by atoms with Crippen LogP contribution in [0.1, 0.15) is 11.3 Å². The molecule has 0 aromatic carbocycles. The molecule has 18 heavy (non-hydrogen) atoms. The summed E-state index contributed by atoms with van der Waals surface area (Å²) in [6.07, 6.45) is -3.81. The number of methoxy groups -OCH3 is 1. The van der Waals surface area contributed by atoms with Crippen molar-refractivity contribution in [2.45, 2.75) is 18.6 Å². The van der Waals surface area contributed by atoms with Crippen molar-refractivity contribution in [3.8, 4) is 0 Å². The van der Waals surface area contributed by atoms with Crippen molar-refractivity contribution in [3.05, 3.63) is 28.5 Å². The first-order valence-electron chi connectivity index (χ1n) is 4.88. The Bertz CT molecular complexity index is 451. The van der Waals surface area contributed by atoms with Gasteiger partial charge in [-0.2, -0.15) is 13.2 Å². The number of aromatic nitrogens is 1. The average Bonchev–Trinajstić information content (AvgIpc) is 2.29. The Hall–Kier alpha value is -1.34. The van der Waals surface area contributed by atoms with Gasteiger partial charge < -0.3 is 10.5 Å². The summed E-state index contributed by atoms with van der Waals surface area (Å²) in [4.78, 5) is 14.7. The number of ether oxygens (including phenoxy) is 1. The number of halogens is 4. The smallest absolute Gasteiger partial charge is 0.417 e. The molecule has 3 N–H and O–H groups in total. The van der Waals surface area contributed by atoms with Gasteiger partial charge in [0.15, 0.2) is 6.04 Å². The Kier molecular flexibility index (Phi) is 4.53. The van der Waals surface area contributed by atoms with E-state index in [-0.39, 0.29) is 17.1 Å². The summed E-state index contributed by atoms with van der Waals surface area (Å²) < 4.78 is 41.5. The molecule has 0 bridgehead atoms. The Morgan fingerprint density at radius 2 is 2.22 bits per heavy atom. The maximum atomic E-state index is 12.4. The van der Waals surface area contributed by atoms with E-state index in [0.717, 1.165) is 6.07 Å². The van der Waals surface area contributed by atoms with Crippen LogP contribution >= 0.6 is 11.6 Å². The SMILES string of the molecule is COC(=O)[C@@H]([NH3+])Cc1ncc(C(F)(F)F)cc1Cl. The molecule has 4 nitrogen and oxygen atoms in total. The van der Waals surface area contributed by atoms with Gasteiger partial charge >= 0.3 is 12.1 Å². The topological polar surface area (TPSA) is 66.8 Å². The quantitative estimate of drug-likeness (QED) is 0.844. The van der Waals surface area contributed by atoms with Gasteiger partial charge in [0.1, 0.15) is 0 Å². The number of carbonyl (C=O) groups excluding carboxylic acids is 1. The van der Waals surface area contributed by atoms with Gasteiger partial charge in [0.25, 0.3) is 0 Å². The first-order chi connectivity index (χ1) is 8.25. The van der Waals surface area contributed by atoms with Crippen LogP contribution in [0.5, 0.6) is 0 Å². The number of hydrogen-bond donors (Lipinski definition) is 1. The van der Waals surface area contributed by atoms with E-state index in [9.17, 15) is 18.0 Å². The highest BCUT2D eigenvalue weighted by Crippen LogP contribution is 2.31. The Balaban J connectivity index is 2.90. The normalized spacial score (nSPS) is 13.2. The number of quaternary nitrogens is 1. The van der Waals surface area contributed by atoms with E-state index in [1.807, 2.05) is 0 Å². The highest BCUT2D eigenvalue weighted by molar-refractivity contribution is 6.31. The molecular weight excluding hydrogens is 273 g/mol. The first kappa shape index (κ1) is 14.7. The molecule has 1 atom stereocenters. The summed E-state index contributed by atoms with van der Waals surface area (Å²) in [5.74, 6) is -0.576. The third-order valence-corrected chi connectivity index (χ3v) is 2.55. The Labute approximate surface area is 106 Å². The molecule has 0 radical (unpaired) electrons. The molecule has 8 heteroatoms. The lowest BCUT2D eigenvalue weighted by atomic mass is 10.1. The van der Waals surface area contributed by atoms with E-state index in [2.05, 4.69) is 15.5 Å². The standard InChI is InChI=1S/C10H10ClF3N2O2/c1-18-9(17)7(15)3-8-6(11)2-5(4-16-8)10(12,13)14/h2,4,7H,3,15H2,1H3/p+1/t7-/m0/s1. The summed E-state index contributed by atoms with van der Waals surface area (Å²) in [6, 6.07) is 0.00480. The summed E-state index contributed by atoms with van der Waals surface area (Å²) in [5.41, 5.74) is 2.76. The third-order valence-electron chi connectivity index (χ3n) is 2.22. The minimum atomic E-state index is -4.50. The lowest BCUT2D eigenvalue weighted by Gasteiger charge is -2.10. The highest BCUT2D eigenvalue weighted by atomic mass is 35.5. The van der Waals surface area contributed by atoms with Gasteiger partial charge in [0.05, 0.1) is 29.8 Å². The number of hydrogen-bond acceptors (Lipinski definition) is 3. The van der Waals surface area contributed by atoms with E-state index in [0.29, 0.717) is 6.20 Å². The number of esters is 1. The number of rotatable bonds is 3. The molecule has 0 unspecified atom stereocenters. The Morgan fingerprint density at radius 3 is 2.67 bits per heavy atom. The average molecular weight is 284 g/mol. The number of pyridine rings is 1. The van der Waals surface area contributed by atoms with Gasteiger partial charge in [0, 0.05) is 6.20 Å². The van der Waals surface area contributed by atoms with Crippen LogP contribution in [-0.4, -0.2) is 24.1 Å². The van der Waals surface area contributed by atoms with E-state index >= 15 is 0 Å². The molecule has 0 spiro atoms. The van der Waals surface area contributed by atoms with E-state index in [1.54, 1.807) is 0 Å². The summed E-state index contributed by atoms with van der Waals surface area (Å²) in [6.45, 7) is 0. The van der Waals surface area contributed by atoms with Crippen LogP contribution in [0.2, 0.25) is 5.02 Å². The van der Waals surface area contributed by atoms with E-state index in [1.165, 1.54) is 7.11 Å². The van der Waals surface area contributed by atoms with Gasteiger partial charge in [-0.05, 0) is 6.07 Å². The van der Waals surface area contributed by atoms with Crippen LogP contribution in [0.25, 0.3) is 0 Å². The molecule has 0 aliphatic heterocycles. The van der Waals surface area contributed by atoms with Crippen LogP contribution in [0.3, 0.4) is 0 Å². The zero-order chi connectivity index (χ0) is 13.9. The largest absolute Gasteiger partial charge is 0.465 e. The number of carbonyl (C=O) groups is 1. The monoisotopic (exact) mass is 283 g/mol. The summed E-state index contributed by atoms with van der Waals surface area (Å²) >= 11 is 5.69. The molecule has 1 aromatic heterocycles. The summed E-state index contributed by atoms with van der Waals surface area (Å²) in [7, 11) is 1.20. The maximum Gasteiger partial charge on any atom is 0.417 e. The predicted molar refractivity (Wildman–Crippen MR) is 56.6 cm³/mol. The third kappa shape index (κ3) is 3.58. The molecule has 100 valence electrons. The van der Waals surface area contributed by atoms with Gasteiger partial charge in [-0.15, -0.1) is 0 Å². The van der Waals surface area contributed by atoms with Crippen LogP contribution in [-0.2, 0) is 22.1 Å². The van der Waals surface area contributed by atoms with Crippen molar-refractivity contribution in [1.82, 2.24) is 4.98 Å². The minimum Gasteiger partial charge on any atom is -0.465 e. The fourth-order valence-corrected chi connectivity index (χ4v) is 1.50. The van der Waals surface area contributed by atoms with Crippen molar-refractivity contribution in [3.63, 3.8) is 0 Å². The zero-order valence-corrected chi connectivity index (χ0v) is 10.2. The van der Waals surface area contributed by atoms with Crippen molar-refractivity contribution in [2.75, 3.05) is 7.11 Å². The van der Waals surface area contributed by atoms with Crippen molar-refractivity contribution in [2.24, 2.45) is 0 Å². The van der Waals surface area contributed by atoms with Crippen LogP contribution < -0.4 is 5.73 Å². The lowest BCUT2D eigenvalue weighted by molar-refractivity contribution is -0.407. The Morgan fingerprint density at radius 1 is 1.61 bits per heavy atom. The predicted octanol–water partition coefficient (Wildman–Crippen LogP) is 1.08. The lowest BCUT2D eigenvalue weighted by Crippen LogP contribution is -2.66. The fraction of sp³-hybridized carbons (Fsp3) is 0.400. The first-order valence-corrected chi connectivity index (χ1v) is 5.26. The van der Waals surface area contributed by atoms with Crippen molar-refractivity contribution < 1.29 is 28.4 Å². The van der Waals surface area contributed by atoms with Gasteiger partial charge in [-0.3, -0.25) is 4.98 Å². The van der Waals surface area contributed by atoms with Gasteiger partial charge in [-0.1, -0.05) is 11.6 Å². The van der Waals surface area contributed by atoms with Crippen LogP contribution in [0, 0.1) is 0 Å². The highest BCUT2D eigenvalue weighted by Gasteiger charge is 2.32. The minimum absolute atomic E-state index is 0.0175. The molecule has 1 rings (SSSR count).